The quantitative estimate of drug-likeness (QED) is 0.478. The van der Waals surface area contributed by atoms with Crippen LogP contribution in [0.1, 0.15) is 24.0 Å². The van der Waals surface area contributed by atoms with Gasteiger partial charge in [0.2, 0.25) is 5.91 Å². The first-order chi connectivity index (χ1) is 15.1. The number of anilines is 1. The summed E-state index contributed by atoms with van der Waals surface area (Å²) in [4.78, 5) is 14.6. The molecule has 0 unspecified atom stereocenters. The summed E-state index contributed by atoms with van der Waals surface area (Å²) in [6.45, 7) is 3.68. The van der Waals surface area contributed by atoms with Crippen LogP contribution >= 0.6 is 0 Å². The third-order valence-electron chi connectivity index (χ3n) is 5.81. The van der Waals surface area contributed by atoms with Gasteiger partial charge in [0.1, 0.15) is 0 Å². The average molecular weight is 424 g/mol. The van der Waals surface area contributed by atoms with E-state index in [9.17, 15) is 4.79 Å². The Kier molecular flexibility index (Phi) is 8.35. The highest BCUT2D eigenvalue weighted by Crippen LogP contribution is 2.32. The van der Waals surface area contributed by atoms with Crippen LogP contribution in [0.3, 0.4) is 0 Å². The molecule has 1 amide bonds. The first kappa shape index (κ1) is 22.7. The number of hydrogen-bond acceptors (Lipinski definition) is 5. The van der Waals surface area contributed by atoms with Crippen molar-refractivity contribution >= 4 is 17.7 Å². The predicted octanol–water partition coefficient (Wildman–Crippen LogP) is 3.37. The van der Waals surface area contributed by atoms with Gasteiger partial charge in [-0.05, 0) is 56.0 Å². The van der Waals surface area contributed by atoms with Crippen LogP contribution in [0, 0.1) is 5.92 Å². The maximum absolute atomic E-state index is 12.2. The summed E-state index contributed by atoms with van der Waals surface area (Å²) in [5.74, 6) is 1.76. The number of carbonyl (C=O) groups excluding carboxylic acids is 1. The monoisotopic (exact) mass is 423 g/mol. The molecule has 1 aliphatic heterocycles. The Labute approximate surface area is 185 Å². The third-order valence-corrected chi connectivity index (χ3v) is 5.81. The van der Waals surface area contributed by atoms with Gasteiger partial charge in [-0.15, -0.1) is 0 Å². The summed E-state index contributed by atoms with van der Waals surface area (Å²) < 4.78 is 10.5. The fourth-order valence-corrected chi connectivity index (χ4v) is 3.98. The number of rotatable bonds is 9. The molecule has 2 aromatic rings. The van der Waals surface area contributed by atoms with Crippen LogP contribution in [0.15, 0.2) is 48.5 Å². The lowest BCUT2D eigenvalue weighted by molar-refractivity contribution is -0.116. The Hall–Kier alpha value is -2.99. The molecule has 3 rings (SSSR count). The number of hydrogen-bond donors (Lipinski definition) is 2. The molecule has 0 aliphatic carbocycles. The van der Waals surface area contributed by atoms with Crippen LogP contribution < -0.4 is 20.5 Å². The molecule has 1 fully saturated rings. The highest BCUT2D eigenvalue weighted by atomic mass is 16.5. The lowest BCUT2D eigenvalue weighted by atomic mass is 9.90. The maximum Gasteiger partial charge on any atom is 0.244 e. The van der Waals surface area contributed by atoms with Crippen molar-refractivity contribution < 1.29 is 14.3 Å². The minimum Gasteiger partial charge on any atom is -0.493 e. The topological polar surface area (TPSA) is 76.8 Å². The van der Waals surface area contributed by atoms with Crippen molar-refractivity contribution in [3.8, 4) is 11.5 Å². The van der Waals surface area contributed by atoms with Gasteiger partial charge < -0.3 is 25.4 Å². The molecule has 0 saturated carbocycles. The van der Waals surface area contributed by atoms with Crippen molar-refractivity contribution in [1.82, 2.24) is 10.2 Å². The van der Waals surface area contributed by atoms with Crippen LogP contribution in [0.2, 0.25) is 0 Å². The zero-order valence-electron chi connectivity index (χ0n) is 18.5. The fourth-order valence-electron chi connectivity index (χ4n) is 3.98. The van der Waals surface area contributed by atoms with Gasteiger partial charge in [-0.2, -0.15) is 0 Å². The van der Waals surface area contributed by atoms with E-state index in [1.807, 2.05) is 0 Å². The highest BCUT2D eigenvalue weighted by Gasteiger charge is 2.19. The Balaban J connectivity index is 1.39. The van der Waals surface area contributed by atoms with Gasteiger partial charge >= 0.3 is 0 Å². The van der Waals surface area contributed by atoms with Crippen molar-refractivity contribution in [2.75, 3.05) is 46.1 Å². The summed E-state index contributed by atoms with van der Waals surface area (Å²) in [5.41, 5.74) is 8.71. The molecule has 0 radical (unpaired) electrons. The lowest BCUT2D eigenvalue weighted by Gasteiger charge is -2.32. The normalized spacial score (nSPS) is 15.2. The number of ether oxygens (including phenoxy) is 2. The first-order valence-electron chi connectivity index (χ1n) is 10.8. The molecule has 31 heavy (non-hydrogen) atoms. The number of benzene rings is 2. The molecule has 1 heterocycles. The molecular formula is C25H33N3O3. The summed E-state index contributed by atoms with van der Waals surface area (Å²) >= 11 is 0. The number of nitrogen functional groups attached to an aromatic ring is 1. The van der Waals surface area contributed by atoms with Crippen molar-refractivity contribution in [3.05, 3.63) is 59.7 Å². The number of carbonyl (C=O) groups is 1. The Morgan fingerprint density at radius 1 is 1.13 bits per heavy atom. The number of amides is 1. The first-order valence-corrected chi connectivity index (χ1v) is 10.8. The molecule has 6 heteroatoms. The highest BCUT2D eigenvalue weighted by molar-refractivity contribution is 5.92. The average Bonchev–Trinajstić information content (AvgIpc) is 2.80. The van der Waals surface area contributed by atoms with Crippen molar-refractivity contribution in [2.24, 2.45) is 5.92 Å². The summed E-state index contributed by atoms with van der Waals surface area (Å²) in [6, 6.07) is 14.2. The van der Waals surface area contributed by atoms with E-state index in [4.69, 9.17) is 15.2 Å². The van der Waals surface area contributed by atoms with Gasteiger partial charge in [0.15, 0.2) is 11.5 Å². The minimum atomic E-state index is -0.131. The van der Waals surface area contributed by atoms with E-state index in [1.165, 1.54) is 24.5 Å². The molecule has 1 saturated heterocycles. The molecule has 166 valence electrons. The fraction of sp³-hybridized carbons (Fsp3) is 0.400. The van der Waals surface area contributed by atoms with Gasteiger partial charge in [-0.3, -0.25) is 4.79 Å². The zero-order chi connectivity index (χ0) is 22.1. The van der Waals surface area contributed by atoms with Crippen LogP contribution in [0.4, 0.5) is 5.69 Å². The molecule has 2 aromatic carbocycles. The predicted molar refractivity (Wildman–Crippen MR) is 125 cm³/mol. The van der Waals surface area contributed by atoms with Crippen LogP contribution in [0.25, 0.3) is 6.08 Å². The van der Waals surface area contributed by atoms with Gasteiger partial charge in [-0.1, -0.05) is 30.3 Å². The van der Waals surface area contributed by atoms with Crippen molar-refractivity contribution in [1.29, 1.82) is 0 Å². The van der Waals surface area contributed by atoms with E-state index >= 15 is 0 Å². The van der Waals surface area contributed by atoms with Crippen molar-refractivity contribution in [3.63, 3.8) is 0 Å². The van der Waals surface area contributed by atoms with Crippen LogP contribution in [-0.2, 0) is 11.2 Å². The van der Waals surface area contributed by atoms with Gasteiger partial charge in [0, 0.05) is 36.5 Å². The number of nitrogens with one attached hydrogen (secondary N) is 1. The van der Waals surface area contributed by atoms with E-state index in [2.05, 4.69) is 40.5 Å². The molecule has 0 atom stereocenters. The van der Waals surface area contributed by atoms with Gasteiger partial charge in [0.25, 0.3) is 0 Å². The second-order valence-corrected chi connectivity index (χ2v) is 7.94. The Morgan fingerprint density at radius 3 is 2.48 bits per heavy atom. The number of likely N-dealkylation sites (tertiary alicyclic amines) is 1. The summed E-state index contributed by atoms with van der Waals surface area (Å²) in [7, 11) is 3.13. The molecule has 1 aliphatic rings. The summed E-state index contributed by atoms with van der Waals surface area (Å²) in [6.07, 6.45) is 6.78. The Bertz CT molecular complexity index is 875. The number of piperidine rings is 1. The second kappa shape index (κ2) is 11.4. The SMILES string of the molecule is COc1cc(N)c(/C=C/C(=O)NCCN2CCC(Cc3ccccc3)CC2)cc1OC. The standard InChI is InChI=1S/C25H33N3O3/c1-30-23-17-21(22(26)18-24(23)31-2)8-9-25(29)27-12-15-28-13-10-20(11-14-28)16-19-6-4-3-5-7-19/h3-9,17-18,20H,10-16,26H2,1-2H3,(H,27,29)/b9-8+. The van der Waals surface area contributed by atoms with E-state index in [0.29, 0.717) is 29.3 Å². The summed E-state index contributed by atoms with van der Waals surface area (Å²) in [5, 5.41) is 2.96. The number of nitrogens with two attached hydrogens (primary N) is 1. The largest absolute Gasteiger partial charge is 0.493 e. The molecule has 0 spiro atoms. The maximum atomic E-state index is 12.2. The lowest BCUT2D eigenvalue weighted by Crippen LogP contribution is -2.39. The van der Waals surface area contributed by atoms with Gasteiger partial charge in [-0.25, -0.2) is 0 Å². The molecule has 3 N–H and O–H groups in total. The van der Waals surface area contributed by atoms with E-state index in [1.54, 1.807) is 32.4 Å². The Morgan fingerprint density at radius 2 is 1.81 bits per heavy atom. The van der Waals surface area contributed by atoms with E-state index in [0.717, 1.165) is 32.0 Å². The van der Waals surface area contributed by atoms with Crippen LogP contribution in [-0.4, -0.2) is 51.2 Å². The molecule has 6 nitrogen and oxygen atoms in total. The third kappa shape index (κ3) is 6.76. The molecule has 0 aromatic heterocycles. The van der Waals surface area contributed by atoms with E-state index in [-0.39, 0.29) is 5.91 Å². The smallest absolute Gasteiger partial charge is 0.244 e. The van der Waals surface area contributed by atoms with Crippen molar-refractivity contribution in [2.45, 2.75) is 19.3 Å². The molecule has 0 bridgehead atoms. The number of methoxy groups -OCH3 is 2. The second-order valence-electron chi connectivity index (χ2n) is 7.94. The van der Waals surface area contributed by atoms with Gasteiger partial charge in [0.05, 0.1) is 14.2 Å². The number of nitrogens with zero attached hydrogens (tertiary/aromatic N) is 1. The molecular weight excluding hydrogens is 390 g/mol. The minimum absolute atomic E-state index is 0.131. The van der Waals surface area contributed by atoms with Crippen LogP contribution in [0.5, 0.6) is 11.5 Å². The van der Waals surface area contributed by atoms with E-state index < -0.39 is 0 Å². The zero-order valence-corrected chi connectivity index (χ0v) is 18.5.